The number of hydrogen-bond donors (Lipinski definition) is 1. The van der Waals surface area contributed by atoms with E-state index in [0.29, 0.717) is 19.6 Å². The minimum absolute atomic E-state index is 0.205. The standard InChI is InChI=1S/C19H27BrN2O5/c1-24-16-11-15(20)17(25-2)10-14(16)4-6-21-18(23)27-9-8-22-7-3-5-19(22)12-26-13-19/h10-11H,3-9,12-13H2,1-2H3,(H,21,23). The number of ether oxygens (including phenoxy) is 4. The molecule has 1 aromatic rings. The van der Waals surface area contributed by atoms with Crippen molar-refractivity contribution >= 4 is 22.0 Å². The lowest BCUT2D eigenvalue weighted by molar-refractivity contribution is -0.125. The van der Waals surface area contributed by atoms with Gasteiger partial charge in [-0.3, -0.25) is 4.90 Å². The maximum absolute atomic E-state index is 11.9. The first-order valence-corrected chi connectivity index (χ1v) is 10.0. The number of rotatable bonds is 8. The number of alkyl carbamates (subject to hydrolysis) is 1. The van der Waals surface area contributed by atoms with Crippen LogP contribution in [0.15, 0.2) is 16.6 Å². The van der Waals surface area contributed by atoms with E-state index in [1.807, 2.05) is 12.1 Å². The van der Waals surface area contributed by atoms with Crippen LogP contribution in [0, 0.1) is 0 Å². The second kappa shape index (κ2) is 9.12. The van der Waals surface area contributed by atoms with E-state index in [4.69, 9.17) is 18.9 Å². The van der Waals surface area contributed by atoms with Gasteiger partial charge < -0.3 is 24.3 Å². The summed E-state index contributed by atoms with van der Waals surface area (Å²) >= 11 is 3.44. The molecule has 7 nitrogen and oxygen atoms in total. The second-order valence-electron chi connectivity index (χ2n) is 6.92. The van der Waals surface area contributed by atoms with Crippen LogP contribution in [0.4, 0.5) is 4.79 Å². The summed E-state index contributed by atoms with van der Waals surface area (Å²) in [4.78, 5) is 14.3. The van der Waals surface area contributed by atoms with E-state index < -0.39 is 6.09 Å². The van der Waals surface area contributed by atoms with Crippen LogP contribution in [0.3, 0.4) is 0 Å². The van der Waals surface area contributed by atoms with E-state index in [1.165, 1.54) is 12.8 Å². The molecule has 3 rings (SSSR count). The van der Waals surface area contributed by atoms with Gasteiger partial charge >= 0.3 is 6.09 Å². The van der Waals surface area contributed by atoms with Gasteiger partial charge in [-0.2, -0.15) is 0 Å². The number of carbonyl (C=O) groups is 1. The average molecular weight is 443 g/mol. The van der Waals surface area contributed by atoms with E-state index in [-0.39, 0.29) is 5.54 Å². The Morgan fingerprint density at radius 3 is 2.74 bits per heavy atom. The molecular formula is C19H27BrN2O5. The fourth-order valence-corrected chi connectivity index (χ4v) is 4.21. The Labute approximate surface area is 168 Å². The zero-order valence-corrected chi connectivity index (χ0v) is 17.5. The smallest absolute Gasteiger partial charge is 0.407 e. The molecule has 2 fully saturated rings. The Kier molecular flexibility index (Phi) is 6.83. The molecule has 1 aromatic carbocycles. The van der Waals surface area contributed by atoms with Gasteiger partial charge in [0, 0.05) is 13.1 Å². The molecule has 0 aliphatic carbocycles. The van der Waals surface area contributed by atoms with Gasteiger partial charge in [0.25, 0.3) is 0 Å². The largest absolute Gasteiger partial charge is 0.496 e. The van der Waals surface area contributed by atoms with Crippen molar-refractivity contribution in [3.05, 3.63) is 22.2 Å². The predicted molar refractivity (Wildman–Crippen MR) is 105 cm³/mol. The van der Waals surface area contributed by atoms with Gasteiger partial charge in [-0.25, -0.2) is 4.79 Å². The van der Waals surface area contributed by atoms with Crippen LogP contribution in [0.2, 0.25) is 0 Å². The third-order valence-corrected chi connectivity index (χ3v) is 5.92. The molecule has 0 radical (unpaired) electrons. The van der Waals surface area contributed by atoms with Gasteiger partial charge in [0.05, 0.1) is 37.4 Å². The SMILES string of the molecule is COc1cc(CCNC(=O)OCCN2CCCC23COC3)c(OC)cc1Br. The number of hydrogen-bond acceptors (Lipinski definition) is 6. The molecule has 2 aliphatic heterocycles. The van der Waals surface area contributed by atoms with Crippen LogP contribution < -0.4 is 14.8 Å². The number of halogens is 1. The first kappa shape index (κ1) is 20.2. The maximum Gasteiger partial charge on any atom is 0.407 e. The fraction of sp³-hybridized carbons (Fsp3) is 0.632. The molecule has 1 spiro atoms. The molecule has 1 N–H and O–H groups in total. The van der Waals surface area contributed by atoms with Crippen LogP contribution in [0.25, 0.3) is 0 Å². The lowest BCUT2D eigenvalue weighted by Crippen LogP contribution is -2.59. The van der Waals surface area contributed by atoms with E-state index in [9.17, 15) is 4.79 Å². The van der Waals surface area contributed by atoms with E-state index in [1.54, 1.807) is 14.2 Å². The van der Waals surface area contributed by atoms with Gasteiger partial charge in [0.15, 0.2) is 0 Å². The Hall–Kier alpha value is -1.51. The first-order chi connectivity index (χ1) is 13.1. The lowest BCUT2D eigenvalue weighted by atomic mass is 9.94. The van der Waals surface area contributed by atoms with Crippen LogP contribution in [0.1, 0.15) is 18.4 Å². The number of amides is 1. The molecule has 0 saturated carbocycles. The summed E-state index contributed by atoms with van der Waals surface area (Å²) in [6.45, 7) is 4.27. The molecule has 0 aromatic heterocycles. The molecular weight excluding hydrogens is 416 g/mol. The monoisotopic (exact) mass is 442 g/mol. The Balaban J connectivity index is 1.39. The van der Waals surface area contributed by atoms with Gasteiger partial charge in [-0.1, -0.05) is 0 Å². The zero-order chi connectivity index (χ0) is 19.3. The van der Waals surface area contributed by atoms with Crippen molar-refractivity contribution in [3.8, 4) is 11.5 Å². The van der Waals surface area contributed by atoms with Crippen molar-refractivity contribution in [2.75, 3.05) is 53.7 Å². The van der Waals surface area contributed by atoms with Crippen LogP contribution in [0.5, 0.6) is 11.5 Å². The van der Waals surface area contributed by atoms with Gasteiger partial charge in [0.2, 0.25) is 0 Å². The molecule has 8 heteroatoms. The summed E-state index contributed by atoms with van der Waals surface area (Å²) < 4.78 is 22.2. The summed E-state index contributed by atoms with van der Waals surface area (Å²) in [6.07, 6.45) is 2.59. The highest BCUT2D eigenvalue weighted by Gasteiger charge is 2.46. The Morgan fingerprint density at radius 1 is 1.30 bits per heavy atom. The number of likely N-dealkylation sites (tertiary alicyclic amines) is 1. The van der Waals surface area contributed by atoms with Crippen molar-refractivity contribution in [1.82, 2.24) is 10.2 Å². The second-order valence-corrected chi connectivity index (χ2v) is 7.77. The minimum Gasteiger partial charge on any atom is -0.496 e. The summed E-state index contributed by atoms with van der Waals surface area (Å²) in [5, 5.41) is 2.80. The van der Waals surface area contributed by atoms with Crippen LogP contribution >= 0.6 is 15.9 Å². The average Bonchev–Trinajstić information content (AvgIpc) is 3.07. The third kappa shape index (κ3) is 4.67. The molecule has 1 amide bonds. The molecule has 27 heavy (non-hydrogen) atoms. The first-order valence-electron chi connectivity index (χ1n) is 9.22. The van der Waals surface area contributed by atoms with Crippen molar-refractivity contribution in [2.24, 2.45) is 0 Å². The highest BCUT2D eigenvalue weighted by molar-refractivity contribution is 9.10. The van der Waals surface area contributed by atoms with Crippen molar-refractivity contribution in [3.63, 3.8) is 0 Å². The molecule has 0 bridgehead atoms. The van der Waals surface area contributed by atoms with Gasteiger partial charge in [-0.05, 0) is 59.4 Å². The summed E-state index contributed by atoms with van der Waals surface area (Å²) in [5.41, 5.74) is 1.17. The Morgan fingerprint density at radius 2 is 2.07 bits per heavy atom. The molecule has 2 heterocycles. The zero-order valence-electron chi connectivity index (χ0n) is 15.9. The highest BCUT2D eigenvalue weighted by Crippen LogP contribution is 2.35. The van der Waals surface area contributed by atoms with Gasteiger partial charge in [0.1, 0.15) is 18.1 Å². The summed E-state index contributed by atoms with van der Waals surface area (Å²) in [7, 11) is 3.24. The quantitative estimate of drug-likeness (QED) is 0.667. The predicted octanol–water partition coefficient (Wildman–Crippen LogP) is 2.60. The minimum atomic E-state index is -0.392. The lowest BCUT2D eigenvalue weighted by Gasteiger charge is -2.45. The number of nitrogens with zero attached hydrogens (tertiary/aromatic N) is 1. The van der Waals surface area contributed by atoms with E-state index >= 15 is 0 Å². The van der Waals surface area contributed by atoms with E-state index in [0.717, 1.165) is 47.8 Å². The molecule has 150 valence electrons. The molecule has 2 aliphatic rings. The normalized spacial score (nSPS) is 18.2. The van der Waals surface area contributed by atoms with Crippen molar-refractivity contribution in [2.45, 2.75) is 24.8 Å². The Bertz CT molecular complexity index is 666. The topological polar surface area (TPSA) is 69.3 Å². The van der Waals surface area contributed by atoms with Crippen LogP contribution in [-0.4, -0.2) is 70.2 Å². The number of nitrogens with one attached hydrogen (secondary N) is 1. The number of benzene rings is 1. The summed E-state index contributed by atoms with van der Waals surface area (Å²) in [6, 6.07) is 3.77. The molecule has 0 atom stereocenters. The van der Waals surface area contributed by atoms with E-state index in [2.05, 4.69) is 26.1 Å². The molecule has 2 saturated heterocycles. The summed E-state index contributed by atoms with van der Waals surface area (Å²) in [5.74, 6) is 1.48. The van der Waals surface area contributed by atoms with Crippen molar-refractivity contribution in [1.29, 1.82) is 0 Å². The number of carbonyl (C=O) groups excluding carboxylic acids is 1. The van der Waals surface area contributed by atoms with Crippen molar-refractivity contribution < 1.29 is 23.7 Å². The van der Waals surface area contributed by atoms with Crippen LogP contribution in [-0.2, 0) is 15.9 Å². The highest BCUT2D eigenvalue weighted by atomic mass is 79.9. The molecule has 0 unspecified atom stereocenters. The third-order valence-electron chi connectivity index (χ3n) is 5.30. The fourth-order valence-electron chi connectivity index (χ4n) is 3.73. The van der Waals surface area contributed by atoms with Gasteiger partial charge in [-0.15, -0.1) is 0 Å². The number of methoxy groups -OCH3 is 2. The maximum atomic E-state index is 11.9.